The average Bonchev–Trinajstić information content (AvgIpc) is 2.26. The monoisotopic (exact) mass is 232 g/mol. The van der Waals surface area contributed by atoms with Gasteiger partial charge in [-0.3, -0.25) is 0 Å². The first-order valence-corrected chi connectivity index (χ1v) is 7.40. The number of hydrogen-bond acceptors (Lipinski definition) is 3. The second-order valence-electron chi connectivity index (χ2n) is 4.01. The summed E-state index contributed by atoms with van der Waals surface area (Å²) in [6.07, 6.45) is 0. The van der Waals surface area contributed by atoms with E-state index < -0.39 is 0 Å². The van der Waals surface area contributed by atoms with Gasteiger partial charge in [-0.05, 0) is 37.8 Å². The molecule has 0 saturated heterocycles. The average molecular weight is 232 g/mol. The minimum atomic E-state index is 0.798. The molecule has 0 bridgehead atoms. The molecule has 0 heterocycles. The highest BCUT2D eigenvalue weighted by Gasteiger charge is 2.02. The van der Waals surface area contributed by atoms with Crippen molar-refractivity contribution in [2.45, 2.75) is 27.7 Å². The van der Waals surface area contributed by atoms with Crippen LogP contribution in [-0.4, -0.2) is 49.1 Å². The maximum atomic E-state index is 3.40. The van der Waals surface area contributed by atoms with Crippen molar-refractivity contribution in [3.63, 3.8) is 0 Å². The second-order valence-corrected chi connectivity index (χ2v) is 5.16. The lowest BCUT2D eigenvalue weighted by molar-refractivity contribution is 0.324. The molecule has 0 aliphatic carbocycles. The van der Waals surface area contributed by atoms with E-state index in [1.807, 2.05) is 0 Å². The van der Waals surface area contributed by atoms with E-state index >= 15 is 0 Å². The summed E-state index contributed by atoms with van der Waals surface area (Å²) >= 11 is 2.09. The standard InChI is InChI=1S/C12H28N2S/c1-5-13-10-12(4)11-15-9-8-14(6-2)7-3/h12-13H,5-11H2,1-4H3. The van der Waals surface area contributed by atoms with E-state index in [1.165, 1.54) is 31.1 Å². The molecule has 92 valence electrons. The van der Waals surface area contributed by atoms with E-state index in [0.29, 0.717) is 0 Å². The first-order chi connectivity index (χ1) is 7.24. The molecular formula is C12H28N2S. The van der Waals surface area contributed by atoms with Crippen molar-refractivity contribution in [3.8, 4) is 0 Å². The van der Waals surface area contributed by atoms with E-state index in [0.717, 1.165) is 19.0 Å². The Morgan fingerprint density at radius 2 is 1.87 bits per heavy atom. The fourth-order valence-corrected chi connectivity index (χ4v) is 2.54. The quantitative estimate of drug-likeness (QED) is 0.582. The number of nitrogens with one attached hydrogen (secondary N) is 1. The zero-order valence-electron chi connectivity index (χ0n) is 10.9. The molecule has 1 unspecified atom stereocenters. The lowest BCUT2D eigenvalue weighted by atomic mass is 10.2. The van der Waals surface area contributed by atoms with Crippen LogP contribution < -0.4 is 5.32 Å². The van der Waals surface area contributed by atoms with Gasteiger partial charge in [0.2, 0.25) is 0 Å². The maximum Gasteiger partial charge on any atom is 0.00721 e. The Bertz CT molecular complexity index is 127. The third kappa shape index (κ3) is 9.21. The molecule has 3 heteroatoms. The summed E-state index contributed by atoms with van der Waals surface area (Å²) in [5, 5.41) is 3.40. The normalized spacial score (nSPS) is 13.4. The fourth-order valence-electron chi connectivity index (χ4n) is 1.47. The molecule has 1 N–H and O–H groups in total. The van der Waals surface area contributed by atoms with Gasteiger partial charge in [-0.2, -0.15) is 11.8 Å². The van der Waals surface area contributed by atoms with Crippen LogP contribution in [0.4, 0.5) is 0 Å². The number of nitrogens with zero attached hydrogens (tertiary/aromatic N) is 1. The molecule has 2 nitrogen and oxygen atoms in total. The van der Waals surface area contributed by atoms with Crippen molar-refractivity contribution in [1.29, 1.82) is 0 Å². The van der Waals surface area contributed by atoms with E-state index in [4.69, 9.17) is 0 Å². The van der Waals surface area contributed by atoms with Crippen LogP contribution in [0.1, 0.15) is 27.7 Å². The third-order valence-corrected chi connectivity index (χ3v) is 3.87. The van der Waals surface area contributed by atoms with Crippen LogP contribution in [0, 0.1) is 5.92 Å². The van der Waals surface area contributed by atoms with E-state index in [-0.39, 0.29) is 0 Å². The Kier molecular flexibility index (Phi) is 11.0. The minimum absolute atomic E-state index is 0.798. The minimum Gasteiger partial charge on any atom is -0.317 e. The molecule has 0 radical (unpaired) electrons. The largest absolute Gasteiger partial charge is 0.317 e. The molecular weight excluding hydrogens is 204 g/mol. The van der Waals surface area contributed by atoms with Crippen LogP contribution in [0.15, 0.2) is 0 Å². The Morgan fingerprint density at radius 1 is 1.20 bits per heavy atom. The van der Waals surface area contributed by atoms with Crippen LogP contribution in [0.5, 0.6) is 0 Å². The Labute approximate surface area is 100 Å². The van der Waals surface area contributed by atoms with Crippen molar-refractivity contribution in [2.75, 3.05) is 44.2 Å². The number of rotatable bonds is 10. The molecule has 0 fully saturated rings. The van der Waals surface area contributed by atoms with Crippen LogP contribution in [0.25, 0.3) is 0 Å². The van der Waals surface area contributed by atoms with Gasteiger partial charge in [-0.1, -0.05) is 27.7 Å². The highest BCUT2D eigenvalue weighted by Crippen LogP contribution is 2.07. The second kappa shape index (κ2) is 10.8. The molecule has 15 heavy (non-hydrogen) atoms. The predicted octanol–water partition coefficient (Wildman–Crippen LogP) is 2.31. The van der Waals surface area contributed by atoms with Gasteiger partial charge in [-0.25, -0.2) is 0 Å². The summed E-state index contributed by atoms with van der Waals surface area (Å²) in [5.41, 5.74) is 0. The molecule has 0 rings (SSSR count). The molecule has 0 aromatic carbocycles. The summed E-state index contributed by atoms with van der Waals surface area (Å²) in [4.78, 5) is 2.49. The Morgan fingerprint density at radius 3 is 2.40 bits per heavy atom. The number of thioether (sulfide) groups is 1. The molecule has 1 atom stereocenters. The zero-order valence-corrected chi connectivity index (χ0v) is 11.7. The van der Waals surface area contributed by atoms with Crippen LogP contribution in [0.2, 0.25) is 0 Å². The summed E-state index contributed by atoms with van der Waals surface area (Å²) in [5.74, 6) is 3.36. The van der Waals surface area contributed by atoms with Gasteiger partial charge in [-0.15, -0.1) is 0 Å². The smallest absolute Gasteiger partial charge is 0.00721 e. The van der Waals surface area contributed by atoms with Crippen molar-refractivity contribution in [3.05, 3.63) is 0 Å². The summed E-state index contributed by atoms with van der Waals surface area (Å²) in [7, 11) is 0. The van der Waals surface area contributed by atoms with Crippen molar-refractivity contribution in [1.82, 2.24) is 10.2 Å². The Balaban J connectivity index is 3.29. The molecule has 0 aromatic rings. The SMILES string of the molecule is CCNCC(C)CSCCN(CC)CC. The molecule has 0 spiro atoms. The molecule has 0 aliphatic heterocycles. The van der Waals surface area contributed by atoms with Crippen LogP contribution in [-0.2, 0) is 0 Å². The van der Waals surface area contributed by atoms with E-state index in [2.05, 4.69) is 49.7 Å². The maximum absolute atomic E-state index is 3.40. The van der Waals surface area contributed by atoms with Crippen LogP contribution >= 0.6 is 11.8 Å². The summed E-state index contributed by atoms with van der Waals surface area (Å²) in [6.45, 7) is 14.8. The summed E-state index contributed by atoms with van der Waals surface area (Å²) in [6, 6.07) is 0. The zero-order chi connectivity index (χ0) is 11.5. The lowest BCUT2D eigenvalue weighted by Crippen LogP contribution is -2.26. The van der Waals surface area contributed by atoms with Gasteiger partial charge < -0.3 is 10.2 Å². The van der Waals surface area contributed by atoms with Gasteiger partial charge in [0.05, 0.1) is 0 Å². The van der Waals surface area contributed by atoms with Crippen molar-refractivity contribution < 1.29 is 0 Å². The van der Waals surface area contributed by atoms with E-state index in [9.17, 15) is 0 Å². The predicted molar refractivity (Wildman–Crippen MR) is 72.8 cm³/mol. The highest BCUT2D eigenvalue weighted by atomic mass is 32.2. The first kappa shape index (κ1) is 15.3. The lowest BCUT2D eigenvalue weighted by Gasteiger charge is -2.18. The molecule has 0 saturated carbocycles. The highest BCUT2D eigenvalue weighted by molar-refractivity contribution is 7.99. The third-order valence-electron chi connectivity index (χ3n) is 2.59. The first-order valence-electron chi connectivity index (χ1n) is 6.25. The van der Waals surface area contributed by atoms with Gasteiger partial charge in [0, 0.05) is 12.3 Å². The van der Waals surface area contributed by atoms with Crippen molar-refractivity contribution in [2.24, 2.45) is 5.92 Å². The number of hydrogen-bond donors (Lipinski definition) is 1. The van der Waals surface area contributed by atoms with Gasteiger partial charge in [0.25, 0.3) is 0 Å². The summed E-state index contributed by atoms with van der Waals surface area (Å²) < 4.78 is 0. The fraction of sp³-hybridized carbons (Fsp3) is 1.00. The topological polar surface area (TPSA) is 15.3 Å². The van der Waals surface area contributed by atoms with E-state index in [1.54, 1.807) is 0 Å². The molecule has 0 amide bonds. The molecule has 0 aliphatic rings. The Hall–Kier alpha value is 0.270. The van der Waals surface area contributed by atoms with Crippen LogP contribution in [0.3, 0.4) is 0 Å². The van der Waals surface area contributed by atoms with Gasteiger partial charge in [0.15, 0.2) is 0 Å². The molecule has 0 aromatic heterocycles. The van der Waals surface area contributed by atoms with Gasteiger partial charge >= 0.3 is 0 Å². The van der Waals surface area contributed by atoms with Gasteiger partial charge in [0.1, 0.15) is 0 Å². The van der Waals surface area contributed by atoms with Crippen molar-refractivity contribution >= 4 is 11.8 Å².